The van der Waals surface area contributed by atoms with Crippen LogP contribution in [0.4, 0.5) is 0 Å². The highest BCUT2D eigenvalue weighted by atomic mass is 35.5. The van der Waals surface area contributed by atoms with E-state index in [1.807, 2.05) is 0 Å². The third-order valence-electron chi connectivity index (χ3n) is 2.07. The minimum absolute atomic E-state index is 0.191. The molecule has 88 valence electrons. The minimum Gasteiger partial charge on any atom is -0.467 e. The number of halogens is 1. The van der Waals surface area contributed by atoms with E-state index in [2.05, 4.69) is 10.1 Å². The molecular formula is C10H18ClNO3. The van der Waals surface area contributed by atoms with E-state index in [4.69, 9.17) is 11.6 Å². The van der Waals surface area contributed by atoms with Crippen LogP contribution in [0, 0.1) is 5.41 Å². The third kappa shape index (κ3) is 3.70. The summed E-state index contributed by atoms with van der Waals surface area (Å²) in [5, 5.41) is 2.60. The van der Waals surface area contributed by atoms with Gasteiger partial charge in [-0.1, -0.05) is 0 Å². The van der Waals surface area contributed by atoms with Crippen LogP contribution in [-0.4, -0.2) is 30.4 Å². The van der Waals surface area contributed by atoms with Crippen LogP contribution in [0.15, 0.2) is 0 Å². The third-order valence-corrected chi connectivity index (χ3v) is 2.74. The number of methoxy groups -OCH3 is 1. The number of rotatable bonds is 4. The van der Waals surface area contributed by atoms with Crippen molar-refractivity contribution < 1.29 is 14.3 Å². The summed E-state index contributed by atoms with van der Waals surface area (Å²) in [5.74, 6) is -0.565. The molecule has 0 fully saturated rings. The normalized spacial score (nSPS) is 12.1. The lowest BCUT2D eigenvalue weighted by Gasteiger charge is -2.28. The lowest BCUT2D eigenvalue weighted by atomic mass is 9.93. The number of hydrogen-bond acceptors (Lipinski definition) is 3. The molecule has 0 aliphatic carbocycles. The second kappa shape index (κ2) is 4.84. The first-order valence-corrected chi connectivity index (χ1v) is 5.18. The molecule has 0 radical (unpaired) electrons. The quantitative estimate of drug-likeness (QED) is 0.591. The lowest BCUT2D eigenvalue weighted by Crippen LogP contribution is -2.54. The van der Waals surface area contributed by atoms with Gasteiger partial charge in [0, 0.05) is 5.88 Å². The second-order valence-corrected chi connectivity index (χ2v) is 4.86. The van der Waals surface area contributed by atoms with Gasteiger partial charge in [0.25, 0.3) is 0 Å². The largest absolute Gasteiger partial charge is 0.467 e. The van der Waals surface area contributed by atoms with Gasteiger partial charge < -0.3 is 10.1 Å². The van der Waals surface area contributed by atoms with E-state index in [-0.39, 0.29) is 11.8 Å². The van der Waals surface area contributed by atoms with E-state index < -0.39 is 16.9 Å². The molecule has 0 aliphatic heterocycles. The number of ether oxygens (including phenoxy) is 1. The molecule has 4 nitrogen and oxygen atoms in total. The van der Waals surface area contributed by atoms with E-state index >= 15 is 0 Å². The fourth-order valence-corrected chi connectivity index (χ4v) is 0.941. The molecule has 0 aromatic rings. The summed E-state index contributed by atoms with van der Waals surface area (Å²) in [6.07, 6.45) is 0. The van der Waals surface area contributed by atoms with Gasteiger partial charge in [0.1, 0.15) is 5.54 Å². The monoisotopic (exact) mass is 235 g/mol. The average Bonchev–Trinajstić information content (AvgIpc) is 2.15. The highest BCUT2D eigenvalue weighted by Crippen LogP contribution is 2.19. The highest BCUT2D eigenvalue weighted by Gasteiger charge is 2.35. The number of hydrogen-bond donors (Lipinski definition) is 1. The van der Waals surface area contributed by atoms with Gasteiger partial charge in [0.15, 0.2) is 0 Å². The van der Waals surface area contributed by atoms with E-state index in [1.54, 1.807) is 27.7 Å². The van der Waals surface area contributed by atoms with Crippen molar-refractivity contribution in [2.45, 2.75) is 33.2 Å². The molecule has 0 saturated carbocycles. The smallest absolute Gasteiger partial charge is 0.330 e. The minimum atomic E-state index is -1.03. The summed E-state index contributed by atoms with van der Waals surface area (Å²) < 4.78 is 4.58. The molecular weight excluding hydrogens is 218 g/mol. The predicted molar refractivity (Wildman–Crippen MR) is 58.7 cm³/mol. The van der Waals surface area contributed by atoms with Gasteiger partial charge in [0.2, 0.25) is 5.91 Å². The van der Waals surface area contributed by atoms with Crippen molar-refractivity contribution in [1.82, 2.24) is 5.32 Å². The Labute approximate surface area is 95.3 Å². The summed E-state index contributed by atoms with van der Waals surface area (Å²) in [6, 6.07) is 0. The number of esters is 1. The first kappa shape index (κ1) is 14.2. The van der Waals surface area contributed by atoms with Crippen LogP contribution in [0.1, 0.15) is 27.7 Å². The fourth-order valence-electron chi connectivity index (χ4n) is 0.820. The summed E-state index contributed by atoms with van der Waals surface area (Å²) in [7, 11) is 1.28. The molecule has 0 rings (SSSR count). The number of amides is 1. The van der Waals surface area contributed by atoms with Crippen molar-refractivity contribution in [1.29, 1.82) is 0 Å². The Morgan fingerprint density at radius 2 is 1.73 bits per heavy atom. The van der Waals surface area contributed by atoms with Crippen molar-refractivity contribution in [2.75, 3.05) is 13.0 Å². The Balaban J connectivity index is 4.61. The molecule has 0 unspecified atom stereocenters. The van der Waals surface area contributed by atoms with E-state index in [9.17, 15) is 9.59 Å². The molecule has 0 aromatic heterocycles. The molecule has 0 bridgehead atoms. The van der Waals surface area contributed by atoms with E-state index in [0.717, 1.165) is 0 Å². The maximum Gasteiger partial charge on any atom is 0.330 e. The Kier molecular flexibility index (Phi) is 4.59. The zero-order valence-electron chi connectivity index (χ0n) is 9.81. The topological polar surface area (TPSA) is 55.4 Å². The van der Waals surface area contributed by atoms with Gasteiger partial charge in [-0.3, -0.25) is 4.79 Å². The fraction of sp³-hybridized carbons (Fsp3) is 0.800. The van der Waals surface area contributed by atoms with Crippen LogP contribution >= 0.6 is 11.6 Å². The predicted octanol–water partition coefficient (Wildman–Crippen LogP) is 1.32. The maximum atomic E-state index is 11.7. The first-order valence-electron chi connectivity index (χ1n) is 4.64. The number of nitrogens with one attached hydrogen (secondary N) is 1. The molecule has 1 amide bonds. The lowest BCUT2D eigenvalue weighted by molar-refractivity contribution is -0.150. The number of alkyl halides is 1. The van der Waals surface area contributed by atoms with Crippen LogP contribution in [0.5, 0.6) is 0 Å². The SMILES string of the molecule is COC(=O)C(C)(C)NC(=O)C(C)(C)CCl. The Hall–Kier alpha value is -0.770. The van der Waals surface area contributed by atoms with Gasteiger partial charge in [-0.15, -0.1) is 11.6 Å². The van der Waals surface area contributed by atoms with Gasteiger partial charge in [0.05, 0.1) is 12.5 Å². The zero-order valence-corrected chi connectivity index (χ0v) is 10.6. The molecule has 5 heteroatoms. The summed E-state index contributed by atoms with van der Waals surface area (Å²) in [4.78, 5) is 23.0. The van der Waals surface area contributed by atoms with Crippen LogP contribution in [0.3, 0.4) is 0 Å². The summed E-state index contributed by atoms with van der Waals surface area (Å²) >= 11 is 5.65. The van der Waals surface area contributed by atoms with Crippen molar-refractivity contribution in [3.05, 3.63) is 0 Å². The standard InChI is InChI=1S/C10H18ClNO3/c1-9(2,6-11)7(13)12-10(3,4)8(14)15-5/h6H2,1-5H3,(H,12,13). The molecule has 1 N–H and O–H groups in total. The van der Waals surface area contributed by atoms with Crippen molar-refractivity contribution in [3.63, 3.8) is 0 Å². The molecule has 0 saturated heterocycles. The zero-order chi connectivity index (χ0) is 12.3. The van der Waals surface area contributed by atoms with Crippen LogP contribution in [-0.2, 0) is 14.3 Å². The summed E-state index contributed by atoms with van der Waals surface area (Å²) in [5.41, 5.74) is -1.73. The average molecular weight is 236 g/mol. The number of carbonyl (C=O) groups excluding carboxylic acids is 2. The first-order chi connectivity index (χ1) is 6.67. The summed E-state index contributed by atoms with van der Waals surface area (Å²) in [6.45, 7) is 6.59. The van der Waals surface area contributed by atoms with Gasteiger partial charge in [-0.05, 0) is 27.7 Å². The maximum absolute atomic E-state index is 11.7. The Morgan fingerprint density at radius 1 is 1.27 bits per heavy atom. The van der Waals surface area contributed by atoms with Gasteiger partial charge in [-0.2, -0.15) is 0 Å². The van der Waals surface area contributed by atoms with Crippen molar-refractivity contribution in [3.8, 4) is 0 Å². The Bertz CT molecular complexity index is 261. The highest BCUT2D eigenvalue weighted by molar-refractivity contribution is 6.19. The molecule has 15 heavy (non-hydrogen) atoms. The van der Waals surface area contributed by atoms with E-state index in [0.29, 0.717) is 0 Å². The number of carbonyl (C=O) groups is 2. The molecule has 0 aromatic carbocycles. The van der Waals surface area contributed by atoms with Gasteiger partial charge >= 0.3 is 5.97 Å². The van der Waals surface area contributed by atoms with Gasteiger partial charge in [-0.25, -0.2) is 4.79 Å². The van der Waals surface area contributed by atoms with Crippen molar-refractivity contribution >= 4 is 23.5 Å². The second-order valence-electron chi connectivity index (χ2n) is 4.59. The molecule has 0 spiro atoms. The Morgan fingerprint density at radius 3 is 2.07 bits per heavy atom. The van der Waals surface area contributed by atoms with Crippen LogP contribution in [0.2, 0.25) is 0 Å². The van der Waals surface area contributed by atoms with Crippen LogP contribution in [0.25, 0.3) is 0 Å². The molecule has 0 heterocycles. The molecule has 0 atom stereocenters. The van der Waals surface area contributed by atoms with Crippen molar-refractivity contribution in [2.24, 2.45) is 5.41 Å². The van der Waals surface area contributed by atoms with Crippen LogP contribution < -0.4 is 5.32 Å². The van der Waals surface area contributed by atoms with E-state index in [1.165, 1.54) is 7.11 Å². The molecule has 0 aliphatic rings.